The minimum absolute atomic E-state index is 0.0138. The van der Waals surface area contributed by atoms with Gasteiger partial charge in [-0.15, -0.1) is 0 Å². The number of piperidine rings is 1. The van der Waals surface area contributed by atoms with Crippen molar-refractivity contribution in [1.82, 2.24) is 10.3 Å². The van der Waals surface area contributed by atoms with Crippen molar-refractivity contribution in [1.29, 1.82) is 0 Å². The van der Waals surface area contributed by atoms with Gasteiger partial charge in [0.15, 0.2) is 0 Å². The molecule has 2 atom stereocenters. The summed E-state index contributed by atoms with van der Waals surface area (Å²) in [6.45, 7) is 3.76. The zero-order chi connectivity index (χ0) is 15.7. The predicted molar refractivity (Wildman–Crippen MR) is 88.3 cm³/mol. The minimum Gasteiger partial charge on any atom is -0.329 e. The number of H-pyrrole nitrogens is 1. The lowest BCUT2D eigenvalue weighted by Gasteiger charge is -2.28. The number of hydrogen-bond acceptors (Lipinski definition) is 3. The average Bonchev–Trinajstić information content (AvgIpc) is 2.49. The summed E-state index contributed by atoms with van der Waals surface area (Å²) in [6.07, 6.45) is 2.40. The SMILES string of the molecule is CC1CNCCC1C(=O)Nc1cc2cc[nH]c(=O)c2cc1Cl. The molecule has 0 aliphatic carbocycles. The lowest BCUT2D eigenvalue weighted by molar-refractivity contribution is -0.122. The lowest BCUT2D eigenvalue weighted by Crippen LogP contribution is -2.40. The summed E-state index contributed by atoms with van der Waals surface area (Å²) < 4.78 is 0. The molecule has 0 saturated carbocycles. The van der Waals surface area contributed by atoms with E-state index in [4.69, 9.17) is 11.6 Å². The molecule has 6 heteroatoms. The highest BCUT2D eigenvalue weighted by atomic mass is 35.5. The Hall–Kier alpha value is -1.85. The van der Waals surface area contributed by atoms with E-state index in [9.17, 15) is 9.59 Å². The quantitative estimate of drug-likeness (QED) is 0.795. The van der Waals surface area contributed by atoms with Crippen LogP contribution in [0, 0.1) is 11.8 Å². The highest BCUT2D eigenvalue weighted by Crippen LogP contribution is 2.28. The summed E-state index contributed by atoms with van der Waals surface area (Å²) in [5, 5.41) is 7.83. The number of pyridine rings is 1. The third kappa shape index (κ3) is 2.87. The van der Waals surface area contributed by atoms with Gasteiger partial charge in [0.05, 0.1) is 10.7 Å². The Balaban J connectivity index is 1.88. The third-order valence-corrected chi connectivity index (χ3v) is 4.55. The molecule has 0 bridgehead atoms. The van der Waals surface area contributed by atoms with Crippen molar-refractivity contribution in [3.8, 4) is 0 Å². The van der Waals surface area contributed by atoms with Crippen molar-refractivity contribution in [2.45, 2.75) is 13.3 Å². The highest BCUT2D eigenvalue weighted by molar-refractivity contribution is 6.34. The Labute approximate surface area is 133 Å². The Kier molecular flexibility index (Phi) is 4.18. The number of amides is 1. The van der Waals surface area contributed by atoms with Crippen LogP contribution in [0.4, 0.5) is 5.69 Å². The molecule has 1 aliphatic heterocycles. The number of fused-ring (bicyclic) bond motifs is 1. The van der Waals surface area contributed by atoms with Gasteiger partial charge in [-0.25, -0.2) is 0 Å². The van der Waals surface area contributed by atoms with Crippen LogP contribution >= 0.6 is 11.6 Å². The van der Waals surface area contributed by atoms with E-state index < -0.39 is 0 Å². The summed E-state index contributed by atoms with van der Waals surface area (Å²) in [7, 11) is 0. The first-order valence-corrected chi connectivity index (χ1v) is 7.76. The molecule has 3 rings (SSSR count). The van der Waals surface area contributed by atoms with E-state index in [1.807, 2.05) is 0 Å². The lowest BCUT2D eigenvalue weighted by atomic mass is 9.87. The largest absolute Gasteiger partial charge is 0.329 e. The number of aromatic amines is 1. The van der Waals surface area contributed by atoms with Crippen molar-refractivity contribution in [2.75, 3.05) is 18.4 Å². The summed E-state index contributed by atoms with van der Waals surface area (Å²) in [5.74, 6) is 0.253. The standard InChI is InChI=1S/C16H18ClN3O2/c1-9-8-18-4-3-11(9)16(22)20-14-6-10-2-5-19-15(21)12(10)7-13(14)17/h2,5-7,9,11,18H,3-4,8H2,1H3,(H,19,21)(H,20,22). The molecule has 1 fully saturated rings. The molecular formula is C16H18ClN3O2. The predicted octanol–water partition coefficient (Wildman–Crippen LogP) is 2.37. The molecule has 1 aliphatic rings. The second-order valence-electron chi connectivity index (χ2n) is 5.79. The molecule has 1 saturated heterocycles. The normalized spacial score (nSPS) is 21.7. The van der Waals surface area contributed by atoms with Gasteiger partial charge in [-0.1, -0.05) is 18.5 Å². The van der Waals surface area contributed by atoms with Crippen LogP contribution < -0.4 is 16.2 Å². The van der Waals surface area contributed by atoms with E-state index in [1.54, 1.807) is 24.4 Å². The molecule has 2 aromatic rings. The third-order valence-electron chi connectivity index (χ3n) is 4.24. The van der Waals surface area contributed by atoms with Crippen molar-refractivity contribution < 1.29 is 4.79 Å². The number of anilines is 1. The first kappa shape index (κ1) is 15.1. The van der Waals surface area contributed by atoms with Gasteiger partial charge in [-0.3, -0.25) is 9.59 Å². The molecular weight excluding hydrogens is 302 g/mol. The van der Waals surface area contributed by atoms with E-state index in [2.05, 4.69) is 22.5 Å². The van der Waals surface area contributed by atoms with Crippen LogP contribution in [0.1, 0.15) is 13.3 Å². The van der Waals surface area contributed by atoms with Crippen LogP contribution in [-0.2, 0) is 4.79 Å². The number of halogens is 1. The summed E-state index contributed by atoms with van der Waals surface area (Å²) in [4.78, 5) is 26.8. The van der Waals surface area contributed by atoms with E-state index in [0.29, 0.717) is 16.1 Å². The average molecular weight is 320 g/mol. The molecule has 0 spiro atoms. The van der Waals surface area contributed by atoms with Gasteiger partial charge in [0.25, 0.3) is 5.56 Å². The maximum Gasteiger partial charge on any atom is 0.255 e. The zero-order valence-electron chi connectivity index (χ0n) is 12.3. The van der Waals surface area contributed by atoms with Crippen LogP contribution in [0.5, 0.6) is 0 Å². The van der Waals surface area contributed by atoms with Crippen LogP contribution in [0.25, 0.3) is 10.8 Å². The molecule has 2 heterocycles. The van der Waals surface area contributed by atoms with Crippen LogP contribution in [-0.4, -0.2) is 24.0 Å². The molecule has 5 nitrogen and oxygen atoms in total. The smallest absolute Gasteiger partial charge is 0.255 e. The summed E-state index contributed by atoms with van der Waals surface area (Å²) in [5.41, 5.74) is 0.361. The summed E-state index contributed by atoms with van der Waals surface area (Å²) >= 11 is 6.21. The molecule has 116 valence electrons. The minimum atomic E-state index is -0.191. The maximum atomic E-state index is 12.5. The van der Waals surface area contributed by atoms with E-state index in [0.717, 1.165) is 24.9 Å². The van der Waals surface area contributed by atoms with Crippen molar-refractivity contribution >= 4 is 34.0 Å². The van der Waals surface area contributed by atoms with E-state index in [-0.39, 0.29) is 23.3 Å². The molecule has 1 aromatic heterocycles. The van der Waals surface area contributed by atoms with Gasteiger partial charge >= 0.3 is 0 Å². The first-order valence-electron chi connectivity index (χ1n) is 7.39. The Bertz CT molecular complexity index is 772. The number of carbonyl (C=O) groups excluding carboxylic acids is 1. The van der Waals surface area contributed by atoms with Crippen LogP contribution in [0.15, 0.2) is 29.2 Å². The molecule has 2 unspecified atom stereocenters. The van der Waals surface area contributed by atoms with Crippen LogP contribution in [0.3, 0.4) is 0 Å². The molecule has 1 aromatic carbocycles. The van der Waals surface area contributed by atoms with Gasteiger partial charge in [-0.05, 0) is 49.0 Å². The molecule has 3 N–H and O–H groups in total. The highest BCUT2D eigenvalue weighted by Gasteiger charge is 2.28. The Morgan fingerprint density at radius 3 is 3.00 bits per heavy atom. The van der Waals surface area contributed by atoms with Crippen molar-refractivity contribution in [3.63, 3.8) is 0 Å². The van der Waals surface area contributed by atoms with E-state index >= 15 is 0 Å². The van der Waals surface area contributed by atoms with E-state index in [1.165, 1.54) is 0 Å². The fourth-order valence-electron chi connectivity index (χ4n) is 2.93. The monoisotopic (exact) mass is 319 g/mol. The van der Waals surface area contributed by atoms with Gasteiger partial charge in [-0.2, -0.15) is 0 Å². The van der Waals surface area contributed by atoms with Gasteiger partial charge in [0, 0.05) is 17.5 Å². The van der Waals surface area contributed by atoms with Crippen molar-refractivity contribution in [2.24, 2.45) is 11.8 Å². The molecule has 1 amide bonds. The van der Waals surface area contributed by atoms with Gasteiger partial charge in [0.2, 0.25) is 5.91 Å². The van der Waals surface area contributed by atoms with Gasteiger partial charge < -0.3 is 15.6 Å². The van der Waals surface area contributed by atoms with Gasteiger partial charge in [0.1, 0.15) is 0 Å². The second kappa shape index (κ2) is 6.10. The zero-order valence-corrected chi connectivity index (χ0v) is 13.0. The second-order valence-corrected chi connectivity index (χ2v) is 6.20. The Morgan fingerprint density at radius 2 is 2.23 bits per heavy atom. The maximum absolute atomic E-state index is 12.5. The number of carbonyl (C=O) groups is 1. The summed E-state index contributed by atoms with van der Waals surface area (Å²) in [6, 6.07) is 5.13. The number of aromatic nitrogens is 1. The van der Waals surface area contributed by atoms with Crippen molar-refractivity contribution in [3.05, 3.63) is 39.8 Å². The topological polar surface area (TPSA) is 74.0 Å². The molecule has 22 heavy (non-hydrogen) atoms. The Morgan fingerprint density at radius 1 is 1.41 bits per heavy atom. The molecule has 0 radical (unpaired) electrons. The van der Waals surface area contributed by atoms with Crippen LogP contribution in [0.2, 0.25) is 5.02 Å². The number of nitrogens with one attached hydrogen (secondary N) is 3. The number of hydrogen-bond donors (Lipinski definition) is 3. The number of benzene rings is 1. The number of rotatable bonds is 2. The fourth-order valence-corrected chi connectivity index (χ4v) is 3.15. The fraction of sp³-hybridized carbons (Fsp3) is 0.375. The first-order chi connectivity index (χ1) is 10.6.